The lowest BCUT2D eigenvalue weighted by Crippen LogP contribution is -2.48. The number of hydrogen-bond acceptors (Lipinski definition) is 4. The van der Waals surface area contributed by atoms with Gasteiger partial charge in [0.1, 0.15) is 5.82 Å². The molecule has 0 aliphatic carbocycles. The van der Waals surface area contributed by atoms with E-state index < -0.39 is 6.10 Å². The van der Waals surface area contributed by atoms with Gasteiger partial charge in [0.05, 0.1) is 19.3 Å². The number of β-amino-alcohol motifs (C(OH)–C–C–N with tert-alkyl or cyclic N) is 1. The summed E-state index contributed by atoms with van der Waals surface area (Å²) in [5.74, 6) is -0.00971. The number of carbonyl (C=O) groups is 1. The van der Waals surface area contributed by atoms with Gasteiger partial charge >= 0.3 is 0 Å². The van der Waals surface area contributed by atoms with E-state index >= 15 is 0 Å². The molecule has 0 aromatic heterocycles. The van der Waals surface area contributed by atoms with Gasteiger partial charge in [-0.15, -0.1) is 0 Å². The predicted molar refractivity (Wildman–Crippen MR) is 92.7 cm³/mol. The highest BCUT2D eigenvalue weighted by molar-refractivity contribution is 5.76. The average molecular weight is 350 g/mol. The van der Waals surface area contributed by atoms with Crippen LogP contribution in [0.5, 0.6) is 0 Å². The van der Waals surface area contributed by atoms with Crippen molar-refractivity contribution >= 4 is 5.91 Å². The van der Waals surface area contributed by atoms with Crippen molar-refractivity contribution in [2.24, 2.45) is 5.92 Å². The Kier molecular flexibility index (Phi) is 6.39. The number of aliphatic hydroxyl groups excluding tert-OH is 1. The second kappa shape index (κ2) is 8.74. The molecule has 2 heterocycles. The van der Waals surface area contributed by atoms with Crippen molar-refractivity contribution in [1.29, 1.82) is 0 Å². The zero-order chi connectivity index (χ0) is 17.6. The van der Waals surface area contributed by atoms with Crippen LogP contribution in [-0.2, 0) is 16.0 Å². The summed E-state index contributed by atoms with van der Waals surface area (Å²) < 4.78 is 18.3. The number of likely N-dealkylation sites (tertiary alicyclic amines) is 1. The lowest BCUT2D eigenvalue weighted by atomic mass is 9.87. The Balaban J connectivity index is 1.44. The van der Waals surface area contributed by atoms with E-state index in [9.17, 15) is 14.3 Å². The van der Waals surface area contributed by atoms with Gasteiger partial charge in [-0.3, -0.25) is 9.69 Å². The molecule has 0 radical (unpaired) electrons. The van der Waals surface area contributed by atoms with Crippen LogP contribution >= 0.6 is 0 Å². The highest BCUT2D eigenvalue weighted by Crippen LogP contribution is 2.23. The number of hydrogen-bond donors (Lipinski definition) is 1. The summed E-state index contributed by atoms with van der Waals surface area (Å²) in [7, 11) is 0. The Morgan fingerprint density at radius 2 is 1.92 bits per heavy atom. The number of ether oxygens (including phenoxy) is 1. The highest BCUT2D eigenvalue weighted by Gasteiger charge is 2.30. The number of rotatable bonds is 5. The van der Waals surface area contributed by atoms with Gasteiger partial charge in [-0.25, -0.2) is 4.39 Å². The van der Waals surface area contributed by atoms with Crippen molar-refractivity contribution in [3.8, 4) is 0 Å². The molecule has 0 saturated carbocycles. The fraction of sp³-hybridized carbons (Fsp3) is 0.632. The predicted octanol–water partition coefficient (Wildman–Crippen LogP) is 1.30. The number of benzene rings is 1. The molecular formula is C19H27FN2O3. The van der Waals surface area contributed by atoms with E-state index in [1.165, 1.54) is 12.1 Å². The van der Waals surface area contributed by atoms with Gasteiger partial charge < -0.3 is 14.7 Å². The monoisotopic (exact) mass is 350 g/mol. The van der Waals surface area contributed by atoms with Crippen molar-refractivity contribution in [2.45, 2.75) is 25.4 Å². The Morgan fingerprint density at radius 1 is 1.20 bits per heavy atom. The largest absolute Gasteiger partial charge is 0.391 e. The molecule has 3 rings (SSSR count). The highest BCUT2D eigenvalue weighted by atomic mass is 19.1. The zero-order valence-corrected chi connectivity index (χ0v) is 14.6. The summed E-state index contributed by atoms with van der Waals surface area (Å²) in [6.07, 6.45) is 1.47. The molecule has 138 valence electrons. The van der Waals surface area contributed by atoms with Gasteiger partial charge in [0.2, 0.25) is 5.91 Å². The van der Waals surface area contributed by atoms with E-state index in [1.54, 1.807) is 17.0 Å². The summed E-state index contributed by atoms with van der Waals surface area (Å²) in [6.45, 7) is 5.08. The van der Waals surface area contributed by atoms with Crippen LogP contribution in [0.3, 0.4) is 0 Å². The third-order valence-corrected chi connectivity index (χ3v) is 5.23. The number of amides is 1. The van der Waals surface area contributed by atoms with Crippen LogP contribution in [0, 0.1) is 11.7 Å². The Morgan fingerprint density at radius 3 is 2.60 bits per heavy atom. The van der Waals surface area contributed by atoms with Crippen LogP contribution in [0.2, 0.25) is 0 Å². The minimum absolute atomic E-state index is 0.116. The molecule has 5 nitrogen and oxygen atoms in total. The molecule has 0 spiro atoms. The van der Waals surface area contributed by atoms with Gasteiger partial charge in [-0.05, 0) is 36.5 Å². The van der Waals surface area contributed by atoms with E-state index in [4.69, 9.17) is 4.74 Å². The molecule has 1 amide bonds. The molecule has 0 bridgehead atoms. The molecule has 0 unspecified atom stereocenters. The normalized spacial score (nSPS) is 25.1. The maximum Gasteiger partial charge on any atom is 0.223 e. The summed E-state index contributed by atoms with van der Waals surface area (Å²) in [6, 6.07) is 6.43. The van der Waals surface area contributed by atoms with Crippen LogP contribution in [0.25, 0.3) is 0 Å². The number of morpholine rings is 1. The lowest BCUT2D eigenvalue weighted by Gasteiger charge is -2.36. The number of halogens is 1. The molecular weight excluding hydrogens is 323 g/mol. The van der Waals surface area contributed by atoms with Crippen LogP contribution < -0.4 is 0 Å². The fourth-order valence-corrected chi connectivity index (χ4v) is 3.60. The number of aliphatic hydroxyl groups is 1. The van der Waals surface area contributed by atoms with Gasteiger partial charge in [-0.1, -0.05) is 12.1 Å². The van der Waals surface area contributed by atoms with Gasteiger partial charge in [0.15, 0.2) is 0 Å². The SMILES string of the molecule is O=C(CCN1CCOCC1)N1CC[C@H](Cc2ccc(F)cc2)[C@@H](O)C1. The summed E-state index contributed by atoms with van der Waals surface area (Å²) >= 11 is 0. The molecule has 1 aromatic carbocycles. The minimum atomic E-state index is -0.522. The molecule has 2 atom stereocenters. The van der Waals surface area contributed by atoms with Crippen LogP contribution in [0.15, 0.2) is 24.3 Å². The van der Waals surface area contributed by atoms with E-state index in [1.807, 2.05) is 0 Å². The van der Waals surface area contributed by atoms with Crippen molar-refractivity contribution in [2.75, 3.05) is 45.9 Å². The molecule has 6 heteroatoms. The van der Waals surface area contributed by atoms with Crippen LogP contribution in [-0.4, -0.2) is 72.9 Å². The first kappa shape index (κ1) is 18.3. The molecule has 2 aliphatic rings. The first-order chi connectivity index (χ1) is 12.1. The molecule has 2 fully saturated rings. The molecule has 2 saturated heterocycles. The second-order valence-corrected chi connectivity index (χ2v) is 6.99. The average Bonchev–Trinajstić information content (AvgIpc) is 2.64. The number of piperidine rings is 1. The van der Waals surface area contributed by atoms with Crippen molar-refractivity contribution in [3.63, 3.8) is 0 Å². The number of carbonyl (C=O) groups excluding carboxylic acids is 1. The van der Waals surface area contributed by atoms with E-state index in [0.717, 1.165) is 51.3 Å². The third-order valence-electron chi connectivity index (χ3n) is 5.23. The van der Waals surface area contributed by atoms with Gasteiger partial charge in [0.25, 0.3) is 0 Å². The summed E-state index contributed by atoms with van der Waals surface area (Å²) in [5, 5.41) is 10.4. The van der Waals surface area contributed by atoms with Crippen LogP contribution in [0.4, 0.5) is 4.39 Å². The molecule has 1 N–H and O–H groups in total. The van der Waals surface area contributed by atoms with Crippen molar-refractivity contribution in [1.82, 2.24) is 9.80 Å². The van der Waals surface area contributed by atoms with E-state index in [-0.39, 0.29) is 17.6 Å². The van der Waals surface area contributed by atoms with E-state index in [2.05, 4.69) is 4.90 Å². The maximum absolute atomic E-state index is 13.0. The van der Waals surface area contributed by atoms with E-state index in [0.29, 0.717) is 19.5 Å². The number of nitrogens with zero attached hydrogens (tertiary/aromatic N) is 2. The zero-order valence-electron chi connectivity index (χ0n) is 14.6. The standard InChI is InChI=1S/C19H27FN2O3/c20-17-3-1-15(2-4-17)13-16-5-8-22(14-18(16)23)19(24)6-7-21-9-11-25-12-10-21/h1-4,16,18,23H,5-14H2/t16-,18+/m1/s1. The summed E-state index contributed by atoms with van der Waals surface area (Å²) in [5.41, 5.74) is 1.03. The van der Waals surface area contributed by atoms with Gasteiger partial charge in [-0.2, -0.15) is 0 Å². The smallest absolute Gasteiger partial charge is 0.223 e. The fourth-order valence-electron chi connectivity index (χ4n) is 3.60. The Labute approximate surface area is 148 Å². The van der Waals surface area contributed by atoms with Gasteiger partial charge in [0, 0.05) is 39.1 Å². The molecule has 25 heavy (non-hydrogen) atoms. The summed E-state index contributed by atoms with van der Waals surface area (Å²) in [4.78, 5) is 16.4. The lowest BCUT2D eigenvalue weighted by molar-refractivity contribution is -0.136. The topological polar surface area (TPSA) is 53.0 Å². The minimum Gasteiger partial charge on any atom is -0.391 e. The van der Waals surface area contributed by atoms with Crippen molar-refractivity contribution < 1.29 is 19.0 Å². The quantitative estimate of drug-likeness (QED) is 0.870. The third kappa shape index (κ3) is 5.23. The first-order valence-corrected chi connectivity index (χ1v) is 9.12. The maximum atomic E-state index is 13.0. The molecule has 2 aliphatic heterocycles. The Bertz CT molecular complexity index is 560. The second-order valence-electron chi connectivity index (χ2n) is 6.99. The first-order valence-electron chi connectivity index (χ1n) is 9.12. The Hall–Kier alpha value is -1.50. The van der Waals surface area contributed by atoms with Crippen LogP contribution in [0.1, 0.15) is 18.4 Å². The van der Waals surface area contributed by atoms with Crippen molar-refractivity contribution in [3.05, 3.63) is 35.6 Å². The molecule has 1 aromatic rings.